The summed E-state index contributed by atoms with van der Waals surface area (Å²) in [4.78, 5) is 20.0. The van der Waals surface area contributed by atoms with Gasteiger partial charge in [0, 0.05) is 16.9 Å². The summed E-state index contributed by atoms with van der Waals surface area (Å²) in [6, 6.07) is 6.83. The average molecular weight is 292 g/mol. The van der Waals surface area contributed by atoms with Crippen LogP contribution in [0.4, 0.5) is 5.69 Å². The third-order valence-electron chi connectivity index (χ3n) is 2.68. The first kappa shape index (κ1) is 14.3. The second-order valence-electron chi connectivity index (χ2n) is 4.13. The molecular formula is C14H14ClN3O2. The molecule has 0 radical (unpaired) electrons. The lowest BCUT2D eigenvalue weighted by atomic mass is 10.1. The fourth-order valence-corrected chi connectivity index (χ4v) is 1.91. The van der Waals surface area contributed by atoms with Crippen LogP contribution in [0.15, 0.2) is 30.5 Å². The summed E-state index contributed by atoms with van der Waals surface area (Å²) in [5.74, 6) is 0.266. The molecule has 0 unspecified atom stereocenters. The van der Waals surface area contributed by atoms with Gasteiger partial charge in [-0.2, -0.15) is 0 Å². The Hall–Kier alpha value is -2.14. The summed E-state index contributed by atoms with van der Waals surface area (Å²) >= 11 is 5.90. The molecule has 2 rings (SSSR count). The molecule has 104 valence electrons. The smallest absolute Gasteiger partial charge is 0.340 e. The first-order valence-corrected chi connectivity index (χ1v) is 6.38. The van der Waals surface area contributed by atoms with Gasteiger partial charge in [0.15, 0.2) is 0 Å². The molecule has 0 aliphatic carbocycles. The lowest BCUT2D eigenvalue weighted by Crippen LogP contribution is -2.09. The highest BCUT2D eigenvalue weighted by Gasteiger charge is 2.12. The van der Waals surface area contributed by atoms with Crippen molar-refractivity contribution < 1.29 is 9.53 Å². The molecule has 20 heavy (non-hydrogen) atoms. The number of aryl methyl sites for hydroxylation is 1. The van der Waals surface area contributed by atoms with Crippen LogP contribution in [-0.2, 0) is 11.3 Å². The second kappa shape index (κ2) is 6.34. The number of carbonyl (C=O) groups is 1. The van der Waals surface area contributed by atoms with Crippen molar-refractivity contribution in [3.05, 3.63) is 52.6 Å². The van der Waals surface area contributed by atoms with E-state index in [1.807, 2.05) is 13.0 Å². The number of halogens is 1. The van der Waals surface area contributed by atoms with Crippen molar-refractivity contribution in [2.24, 2.45) is 0 Å². The number of hydrogen-bond acceptors (Lipinski definition) is 5. The molecule has 5 nitrogen and oxygen atoms in total. The molecule has 1 heterocycles. The van der Waals surface area contributed by atoms with Gasteiger partial charge in [-0.15, -0.1) is 0 Å². The maximum absolute atomic E-state index is 11.7. The van der Waals surface area contributed by atoms with E-state index in [1.165, 1.54) is 7.11 Å². The van der Waals surface area contributed by atoms with E-state index in [-0.39, 0.29) is 0 Å². The van der Waals surface area contributed by atoms with Crippen LogP contribution in [0.2, 0.25) is 5.02 Å². The molecular weight excluding hydrogens is 278 g/mol. The maximum atomic E-state index is 11.7. The van der Waals surface area contributed by atoms with Crippen LogP contribution in [0.1, 0.15) is 21.9 Å². The molecule has 0 spiro atoms. The van der Waals surface area contributed by atoms with Gasteiger partial charge in [0.25, 0.3) is 0 Å². The monoisotopic (exact) mass is 291 g/mol. The van der Waals surface area contributed by atoms with Gasteiger partial charge in [-0.05, 0) is 31.2 Å². The minimum absolute atomic E-state index is 0.394. The first-order chi connectivity index (χ1) is 9.60. The van der Waals surface area contributed by atoms with E-state index in [9.17, 15) is 4.79 Å². The third-order valence-corrected chi connectivity index (χ3v) is 2.92. The largest absolute Gasteiger partial charge is 0.465 e. The lowest BCUT2D eigenvalue weighted by Gasteiger charge is -2.11. The number of rotatable bonds is 4. The van der Waals surface area contributed by atoms with Crippen molar-refractivity contribution in [1.82, 2.24) is 9.97 Å². The standard InChI is InChI=1S/C14H14ClN3O2/c1-9-16-6-5-11(18-9)8-17-13-4-3-10(15)7-12(13)14(19)20-2/h3-7,17H,8H2,1-2H3. The number of benzene rings is 1. The lowest BCUT2D eigenvalue weighted by molar-refractivity contribution is 0.0602. The highest BCUT2D eigenvalue weighted by Crippen LogP contribution is 2.22. The summed E-state index contributed by atoms with van der Waals surface area (Å²) < 4.78 is 4.74. The third kappa shape index (κ3) is 3.45. The summed E-state index contributed by atoms with van der Waals surface area (Å²) in [7, 11) is 1.33. The Balaban J connectivity index is 2.19. The van der Waals surface area contributed by atoms with Gasteiger partial charge in [-0.1, -0.05) is 11.6 Å². The van der Waals surface area contributed by atoms with E-state index >= 15 is 0 Å². The Kier molecular flexibility index (Phi) is 4.53. The number of carbonyl (C=O) groups excluding carboxylic acids is 1. The average Bonchev–Trinajstić information content (AvgIpc) is 2.45. The zero-order chi connectivity index (χ0) is 14.5. The maximum Gasteiger partial charge on any atom is 0.340 e. The number of methoxy groups -OCH3 is 1. The minimum Gasteiger partial charge on any atom is -0.465 e. The number of ether oxygens (including phenoxy) is 1. The number of anilines is 1. The molecule has 1 aromatic heterocycles. The van der Waals surface area contributed by atoms with Crippen molar-refractivity contribution in [2.75, 3.05) is 12.4 Å². The van der Waals surface area contributed by atoms with Gasteiger partial charge >= 0.3 is 5.97 Å². The van der Waals surface area contributed by atoms with Crippen LogP contribution < -0.4 is 5.32 Å². The Labute approximate surface area is 122 Å². The highest BCUT2D eigenvalue weighted by molar-refractivity contribution is 6.31. The van der Waals surface area contributed by atoms with Crippen LogP contribution in [0.5, 0.6) is 0 Å². The predicted molar refractivity (Wildman–Crippen MR) is 76.9 cm³/mol. The van der Waals surface area contributed by atoms with E-state index < -0.39 is 5.97 Å². The van der Waals surface area contributed by atoms with Gasteiger partial charge in [0.1, 0.15) is 5.82 Å². The zero-order valence-corrected chi connectivity index (χ0v) is 11.9. The molecule has 0 amide bonds. The quantitative estimate of drug-likeness (QED) is 0.878. The normalized spacial score (nSPS) is 10.2. The molecule has 2 aromatic rings. The fraction of sp³-hybridized carbons (Fsp3) is 0.214. The number of nitrogens with one attached hydrogen (secondary N) is 1. The number of nitrogens with zero attached hydrogens (tertiary/aromatic N) is 2. The molecule has 0 saturated heterocycles. The summed E-state index contributed by atoms with van der Waals surface area (Å²) in [6.07, 6.45) is 1.70. The van der Waals surface area contributed by atoms with Crippen LogP contribution in [0.25, 0.3) is 0 Å². The van der Waals surface area contributed by atoms with Gasteiger partial charge in [0.2, 0.25) is 0 Å². The van der Waals surface area contributed by atoms with Gasteiger partial charge in [0.05, 0.1) is 24.9 Å². The van der Waals surface area contributed by atoms with Crippen LogP contribution in [0.3, 0.4) is 0 Å². The van der Waals surface area contributed by atoms with E-state index in [1.54, 1.807) is 24.4 Å². The highest BCUT2D eigenvalue weighted by atomic mass is 35.5. The molecule has 1 N–H and O–H groups in total. The van der Waals surface area contributed by atoms with Gasteiger partial charge < -0.3 is 10.1 Å². The fourth-order valence-electron chi connectivity index (χ4n) is 1.74. The van der Waals surface area contributed by atoms with Crippen molar-refractivity contribution in [3.63, 3.8) is 0 Å². The number of aromatic nitrogens is 2. The van der Waals surface area contributed by atoms with E-state index in [0.717, 1.165) is 5.69 Å². The van der Waals surface area contributed by atoms with Crippen LogP contribution in [0, 0.1) is 6.92 Å². The summed E-state index contributed by atoms with van der Waals surface area (Å²) in [6.45, 7) is 2.31. The second-order valence-corrected chi connectivity index (χ2v) is 4.57. The van der Waals surface area contributed by atoms with Crippen LogP contribution in [-0.4, -0.2) is 23.0 Å². The number of esters is 1. The molecule has 1 aromatic carbocycles. The Morgan fingerprint density at radius 2 is 2.20 bits per heavy atom. The van der Waals surface area contributed by atoms with Gasteiger partial charge in [-0.25, -0.2) is 14.8 Å². The molecule has 0 aliphatic heterocycles. The Morgan fingerprint density at radius 1 is 1.40 bits per heavy atom. The van der Waals surface area contributed by atoms with Crippen LogP contribution >= 0.6 is 11.6 Å². The first-order valence-electron chi connectivity index (χ1n) is 6.00. The zero-order valence-electron chi connectivity index (χ0n) is 11.2. The molecule has 0 atom stereocenters. The molecule has 0 bridgehead atoms. The molecule has 0 saturated carbocycles. The van der Waals surface area contributed by atoms with E-state index in [2.05, 4.69) is 15.3 Å². The molecule has 6 heteroatoms. The van der Waals surface area contributed by atoms with E-state index in [0.29, 0.717) is 28.6 Å². The Morgan fingerprint density at radius 3 is 2.90 bits per heavy atom. The van der Waals surface area contributed by atoms with Gasteiger partial charge in [-0.3, -0.25) is 0 Å². The minimum atomic E-state index is -0.436. The van der Waals surface area contributed by atoms with Crippen molar-refractivity contribution >= 4 is 23.3 Å². The summed E-state index contributed by atoms with van der Waals surface area (Å²) in [5, 5.41) is 3.63. The molecule has 0 fully saturated rings. The predicted octanol–water partition coefficient (Wildman–Crippen LogP) is 2.84. The number of hydrogen-bond donors (Lipinski definition) is 1. The van der Waals surface area contributed by atoms with Crippen molar-refractivity contribution in [2.45, 2.75) is 13.5 Å². The topological polar surface area (TPSA) is 64.1 Å². The molecule has 0 aliphatic rings. The van der Waals surface area contributed by atoms with Crippen molar-refractivity contribution in [3.8, 4) is 0 Å². The SMILES string of the molecule is COC(=O)c1cc(Cl)ccc1NCc1ccnc(C)n1. The van der Waals surface area contributed by atoms with Crippen molar-refractivity contribution in [1.29, 1.82) is 0 Å². The summed E-state index contributed by atoms with van der Waals surface area (Å²) in [5.41, 5.74) is 1.88. The Bertz CT molecular complexity index is 632. The van der Waals surface area contributed by atoms with E-state index in [4.69, 9.17) is 16.3 Å².